The molecule has 3 N–H and O–H groups in total. The molecule has 2 aliphatic heterocycles. The van der Waals surface area contributed by atoms with Gasteiger partial charge in [-0.05, 0) is 24.3 Å². The fourth-order valence-electron chi connectivity index (χ4n) is 2.07. The van der Waals surface area contributed by atoms with Gasteiger partial charge in [-0.15, -0.1) is 11.8 Å². The molecule has 0 aromatic heterocycles. The van der Waals surface area contributed by atoms with Crippen molar-refractivity contribution in [3.8, 4) is 17.1 Å². The van der Waals surface area contributed by atoms with E-state index in [1.54, 1.807) is 18.4 Å². The normalized spacial score (nSPS) is 31.5. The zero-order valence-electron chi connectivity index (χ0n) is 9.97. The van der Waals surface area contributed by atoms with Gasteiger partial charge in [-0.3, -0.25) is 0 Å². The van der Waals surface area contributed by atoms with Gasteiger partial charge in [-0.1, -0.05) is 0 Å². The summed E-state index contributed by atoms with van der Waals surface area (Å²) < 4.78 is 11.1. The molecule has 0 amide bonds. The van der Waals surface area contributed by atoms with Crippen molar-refractivity contribution in [2.75, 3.05) is 5.75 Å². The smallest absolute Gasteiger partial charge is 0.175 e. The monoisotopic (exact) mass is 282 g/mol. The molecule has 102 valence electrons. The van der Waals surface area contributed by atoms with Crippen LogP contribution in [-0.2, 0) is 0 Å². The number of hydrogen-bond donors (Lipinski definition) is 3. The zero-order valence-corrected chi connectivity index (χ0v) is 10.8. The summed E-state index contributed by atoms with van der Waals surface area (Å²) in [5.41, 5.74) is 0.285. The summed E-state index contributed by atoms with van der Waals surface area (Å²) >= 11 is 1.27. The van der Waals surface area contributed by atoms with Crippen LogP contribution in [0.3, 0.4) is 0 Å². The summed E-state index contributed by atoms with van der Waals surface area (Å²) in [6.07, 6.45) is -1.70. The largest absolute Gasteiger partial charge is 0.473 e. The van der Waals surface area contributed by atoms with Crippen molar-refractivity contribution in [2.24, 2.45) is 0 Å². The van der Waals surface area contributed by atoms with Crippen molar-refractivity contribution in [1.82, 2.24) is 0 Å². The molecular formula is C13H14O5S. The molecule has 0 bridgehead atoms. The fraction of sp³-hybridized carbons (Fsp3) is 0.385. The minimum atomic E-state index is -1.19. The van der Waals surface area contributed by atoms with Crippen molar-refractivity contribution < 1.29 is 24.5 Å². The minimum absolute atomic E-state index is 0.318. The molecule has 1 saturated heterocycles. The van der Waals surface area contributed by atoms with Crippen LogP contribution in [0.1, 0.15) is 0 Å². The van der Waals surface area contributed by atoms with E-state index in [1.165, 1.54) is 11.8 Å². The lowest BCUT2D eigenvalue weighted by atomic mass is 10.1. The first-order valence-electron chi connectivity index (χ1n) is 5.95. The first-order chi connectivity index (χ1) is 9.16. The Kier molecular flexibility index (Phi) is 3.40. The summed E-state index contributed by atoms with van der Waals surface area (Å²) in [4.78, 5) is 0. The van der Waals surface area contributed by atoms with Gasteiger partial charge in [0.2, 0.25) is 0 Å². The second-order valence-electron chi connectivity index (χ2n) is 4.46. The van der Waals surface area contributed by atoms with Crippen molar-refractivity contribution in [3.05, 3.63) is 30.5 Å². The third kappa shape index (κ3) is 2.32. The molecule has 1 aliphatic carbocycles. The number of hydrogen-bond acceptors (Lipinski definition) is 6. The summed E-state index contributed by atoms with van der Waals surface area (Å²) in [7, 11) is 0. The van der Waals surface area contributed by atoms with Crippen LogP contribution in [0.5, 0.6) is 5.75 Å². The highest BCUT2D eigenvalue weighted by Crippen LogP contribution is 2.37. The van der Waals surface area contributed by atoms with E-state index in [0.717, 1.165) is 5.56 Å². The van der Waals surface area contributed by atoms with Crippen LogP contribution < -0.4 is 4.74 Å². The SMILES string of the molecule is O[C@@H]1[C@@H](O)[C@@H](Oc2ccc3cccoc2-3)SC[C@H]1O. The molecule has 1 fully saturated rings. The highest BCUT2D eigenvalue weighted by Gasteiger charge is 2.39. The average molecular weight is 282 g/mol. The molecule has 0 saturated carbocycles. The van der Waals surface area contributed by atoms with Gasteiger partial charge in [0, 0.05) is 11.3 Å². The number of thioether (sulfide) groups is 1. The highest BCUT2D eigenvalue weighted by atomic mass is 32.2. The van der Waals surface area contributed by atoms with Gasteiger partial charge < -0.3 is 24.5 Å². The number of rotatable bonds is 2. The maximum Gasteiger partial charge on any atom is 0.175 e. The van der Waals surface area contributed by atoms with Gasteiger partial charge in [-0.25, -0.2) is 0 Å². The summed E-state index contributed by atoms with van der Waals surface area (Å²) in [6.45, 7) is 0. The van der Waals surface area contributed by atoms with E-state index in [9.17, 15) is 15.3 Å². The van der Waals surface area contributed by atoms with Crippen molar-refractivity contribution >= 4 is 11.8 Å². The maximum absolute atomic E-state index is 9.89. The van der Waals surface area contributed by atoms with Crippen molar-refractivity contribution in [1.29, 1.82) is 0 Å². The van der Waals surface area contributed by atoms with E-state index < -0.39 is 23.7 Å². The molecule has 3 rings (SSSR count). The molecule has 0 aromatic carbocycles. The Labute approximate surface area is 114 Å². The van der Waals surface area contributed by atoms with Crippen LogP contribution in [-0.4, -0.2) is 44.8 Å². The Hall–Kier alpha value is -1.21. The molecule has 19 heavy (non-hydrogen) atoms. The molecule has 5 nitrogen and oxygen atoms in total. The molecule has 0 aromatic rings. The van der Waals surface area contributed by atoms with E-state index in [4.69, 9.17) is 9.15 Å². The third-order valence-corrected chi connectivity index (χ3v) is 4.38. The average Bonchev–Trinajstić information content (AvgIpc) is 2.83. The first kappa shape index (κ1) is 12.8. The minimum Gasteiger partial charge on any atom is -0.473 e. The predicted octanol–water partition coefficient (Wildman–Crippen LogP) is 0.919. The second kappa shape index (κ2) is 5.05. The molecular weight excluding hydrogens is 268 g/mol. The van der Waals surface area contributed by atoms with Gasteiger partial charge in [0.1, 0.15) is 12.2 Å². The Balaban J connectivity index is 1.78. The Morgan fingerprint density at radius 1 is 1.16 bits per heavy atom. The Bertz CT molecular complexity index is 528. The molecule has 2 heterocycles. The molecule has 4 atom stereocenters. The van der Waals surface area contributed by atoms with E-state index >= 15 is 0 Å². The van der Waals surface area contributed by atoms with E-state index in [0.29, 0.717) is 17.3 Å². The summed E-state index contributed by atoms with van der Waals surface area (Å²) in [6, 6.07) is 7.31. The molecule has 3 aliphatic rings. The quantitative estimate of drug-likeness (QED) is 0.759. The lowest BCUT2D eigenvalue weighted by molar-refractivity contribution is -0.0786. The molecule has 0 radical (unpaired) electrons. The van der Waals surface area contributed by atoms with Crippen LogP contribution in [0.2, 0.25) is 0 Å². The second-order valence-corrected chi connectivity index (χ2v) is 5.59. The van der Waals surface area contributed by atoms with Crippen LogP contribution in [0.15, 0.2) is 34.9 Å². The topological polar surface area (TPSA) is 83.1 Å². The number of aliphatic hydroxyl groups is 3. The fourth-order valence-corrected chi connectivity index (χ4v) is 3.18. The number of aliphatic hydroxyl groups excluding tert-OH is 3. The lowest BCUT2D eigenvalue weighted by Crippen LogP contribution is -2.50. The molecule has 0 spiro atoms. The molecule has 0 unspecified atom stereocenters. The van der Waals surface area contributed by atoms with Gasteiger partial charge in [0.25, 0.3) is 0 Å². The Morgan fingerprint density at radius 2 is 2.00 bits per heavy atom. The number of fused-ring (bicyclic) bond motifs is 1. The van der Waals surface area contributed by atoms with Crippen LogP contribution >= 0.6 is 11.8 Å². The van der Waals surface area contributed by atoms with E-state index in [1.807, 2.05) is 12.1 Å². The first-order valence-corrected chi connectivity index (χ1v) is 7.00. The van der Waals surface area contributed by atoms with Gasteiger partial charge >= 0.3 is 0 Å². The predicted molar refractivity (Wildman–Crippen MR) is 70.2 cm³/mol. The molecule has 6 heteroatoms. The summed E-state index contributed by atoms with van der Waals surface area (Å²) in [5, 5.41) is 29.0. The van der Waals surface area contributed by atoms with Gasteiger partial charge in [-0.2, -0.15) is 0 Å². The van der Waals surface area contributed by atoms with Crippen LogP contribution in [0.4, 0.5) is 0 Å². The Morgan fingerprint density at radius 3 is 2.84 bits per heavy atom. The van der Waals surface area contributed by atoms with Crippen molar-refractivity contribution in [2.45, 2.75) is 23.7 Å². The number of ether oxygens (including phenoxy) is 1. The van der Waals surface area contributed by atoms with Gasteiger partial charge in [0.05, 0.1) is 12.4 Å². The van der Waals surface area contributed by atoms with Crippen LogP contribution in [0, 0.1) is 0 Å². The zero-order chi connectivity index (χ0) is 13.4. The van der Waals surface area contributed by atoms with E-state index in [-0.39, 0.29) is 0 Å². The van der Waals surface area contributed by atoms with Crippen LogP contribution in [0.25, 0.3) is 11.3 Å². The van der Waals surface area contributed by atoms with Gasteiger partial charge in [0.15, 0.2) is 16.9 Å². The maximum atomic E-state index is 9.89. The third-order valence-electron chi connectivity index (χ3n) is 3.14. The van der Waals surface area contributed by atoms with E-state index in [2.05, 4.69) is 0 Å². The standard InChI is InChI=1S/C13H14O5S/c14-8-6-19-13(11(16)10(8)15)18-9-4-3-7-2-1-5-17-12(7)9/h1-5,8,10-11,13-16H,6H2/t8-,10+,11-,13+/m1/s1. The summed E-state index contributed by atoms with van der Waals surface area (Å²) in [5.74, 6) is 1.45. The lowest BCUT2D eigenvalue weighted by Gasteiger charge is -2.34. The highest BCUT2D eigenvalue weighted by molar-refractivity contribution is 7.99. The van der Waals surface area contributed by atoms with Crippen molar-refractivity contribution in [3.63, 3.8) is 0 Å².